The molecule has 1 aromatic heterocycles. The summed E-state index contributed by atoms with van der Waals surface area (Å²) >= 11 is 7.33. The first kappa shape index (κ1) is 18.1. The first-order valence-corrected chi connectivity index (χ1v) is 9.29. The summed E-state index contributed by atoms with van der Waals surface area (Å²) in [7, 11) is 0. The van der Waals surface area contributed by atoms with Crippen molar-refractivity contribution in [1.82, 2.24) is 9.88 Å². The minimum Gasteiger partial charge on any atom is -0.483 e. The van der Waals surface area contributed by atoms with Gasteiger partial charge in [0.2, 0.25) is 0 Å². The fourth-order valence-electron chi connectivity index (χ4n) is 2.50. The van der Waals surface area contributed by atoms with Gasteiger partial charge in [0, 0.05) is 30.0 Å². The third kappa shape index (κ3) is 5.40. The van der Waals surface area contributed by atoms with Crippen molar-refractivity contribution >= 4 is 34.0 Å². The highest BCUT2D eigenvalue weighted by atomic mass is 35.5. The van der Waals surface area contributed by atoms with Crippen molar-refractivity contribution in [3.05, 3.63) is 39.9 Å². The Hall–Kier alpha value is -1.67. The van der Waals surface area contributed by atoms with E-state index >= 15 is 0 Å². The zero-order chi connectivity index (χ0) is 17.6. The molecule has 134 valence electrons. The van der Waals surface area contributed by atoms with Gasteiger partial charge in [-0.3, -0.25) is 15.0 Å². The average molecular weight is 382 g/mol. The van der Waals surface area contributed by atoms with E-state index in [2.05, 4.69) is 15.2 Å². The lowest BCUT2D eigenvalue weighted by Crippen LogP contribution is -2.35. The molecule has 25 heavy (non-hydrogen) atoms. The molecule has 1 N–H and O–H groups in total. The Bertz CT molecular complexity index is 732. The Morgan fingerprint density at radius 3 is 3.00 bits per heavy atom. The van der Waals surface area contributed by atoms with Crippen molar-refractivity contribution in [2.75, 3.05) is 38.2 Å². The molecule has 0 saturated carbocycles. The van der Waals surface area contributed by atoms with Crippen molar-refractivity contribution in [2.24, 2.45) is 0 Å². The topological polar surface area (TPSA) is 63.7 Å². The van der Waals surface area contributed by atoms with E-state index in [0.717, 1.165) is 44.1 Å². The Balaban J connectivity index is 1.47. The maximum atomic E-state index is 12.0. The monoisotopic (exact) mass is 381 g/mol. The van der Waals surface area contributed by atoms with Crippen molar-refractivity contribution in [3.63, 3.8) is 0 Å². The first-order chi connectivity index (χ1) is 12.1. The molecule has 0 bridgehead atoms. The van der Waals surface area contributed by atoms with Gasteiger partial charge in [0.1, 0.15) is 5.75 Å². The number of anilines is 1. The van der Waals surface area contributed by atoms with Gasteiger partial charge in [-0.1, -0.05) is 11.6 Å². The third-order valence-corrected chi connectivity index (χ3v) is 4.82. The van der Waals surface area contributed by atoms with Crippen LogP contribution in [0.25, 0.3) is 0 Å². The molecule has 1 aliphatic heterocycles. The largest absolute Gasteiger partial charge is 0.483 e. The van der Waals surface area contributed by atoms with Gasteiger partial charge in [-0.2, -0.15) is 0 Å². The van der Waals surface area contributed by atoms with Crippen LogP contribution in [0.2, 0.25) is 5.02 Å². The van der Waals surface area contributed by atoms with E-state index in [0.29, 0.717) is 15.9 Å². The fourth-order valence-corrected chi connectivity index (χ4v) is 3.44. The Morgan fingerprint density at radius 1 is 1.44 bits per heavy atom. The highest BCUT2D eigenvalue weighted by Crippen LogP contribution is 2.22. The lowest BCUT2D eigenvalue weighted by atomic mass is 10.2. The number of aryl methyl sites for hydroxylation is 1. The highest BCUT2D eigenvalue weighted by Gasteiger charge is 2.13. The van der Waals surface area contributed by atoms with E-state index in [9.17, 15) is 4.79 Å². The van der Waals surface area contributed by atoms with Crippen molar-refractivity contribution in [2.45, 2.75) is 13.5 Å². The predicted molar refractivity (Wildman–Crippen MR) is 98.5 cm³/mol. The van der Waals surface area contributed by atoms with Gasteiger partial charge in [0.15, 0.2) is 11.7 Å². The van der Waals surface area contributed by atoms with Gasteiger partial charge < -0.3 is 9.47 Å². The normalized spacial score (nSPS) is 15.1. The molecule has 1 amide bonds. The number of carbonyl (C=O) groups excluding carboxylic acids is 1. The molecule has 0 spiro atoms. The van der Waals surface area contributed by atoms with E-state index in [1.54, 1.807) is 18.2 Å². The van der Waals surface area contributed by atoms with Gasteiger partial charge in [0.05, 0.1) is 18.9 Å². The van der Waals surface area contributed by atoms with Crippen LogP contribution in [0.3, 0.4) is 0 Å². The van der Waals surface area contributed by atoms with Gasteiger partial charge in [-0.15, -0.1) is 11.3 Å². The van der Waals surface area contributed by atoms with Crippen LogP contribution in [0, 0.1) is 6.92 Å². The molecule has 6 nitrogen and oxygen atoms in total. The predicted octanol–water partition coefficient (Wildman–Crippen LogP) is 2.95. The number of nitrogens with one attached hydrogen (secondary N) is 1. The van der Waals surface area contributed by atoms with Crippen LogP contribution in [-0.4, -0.2) is 48.7 Å². The lowest BCUT2D eigenvalue weighted by molar-refractivity contribution is -0.118. The van der Waals surface area contributed by atoms with Crippen LogP contribution in [0.4, 0.5) is 5.13 Å². The molecule has 2 heterocycles. The molecule has 8 heteroatoms. The molecule has 1 saturated heterocycles. The second-order valence-electron chi connectivity index (χ2n) is 5.78. The van der Waals surface area contributed by atoms with Gasteiger partial charge in [-0.25, -0.2) is 4.98 Å². The maximum Gasteiger partial charge on any atom is 0.264 e. The Morgan fingerprint density at radius 2 is 2.24 bits per heavy atom. The van der Waals surface area contributed by atoms with Gasteiger partial charge in [-0.05, 0) is 30.7 Å². The number of thiazole rings is 1. The van der Waals surface area contributed by atoms with E-state index < -0.39 is 0 Å². The minimum absolute atomic E-state index is 0.0686. The SMILES string of the molecule is Cc1cc(Cl)ccc1OCC(=O)Nc1nc(CN2CCOCC2)cs1. The quantitative estimate of drug-likeness (QED) is 0.833. The summed E-state index contributed by atoms with van der Waals surface area (Å²) < 4.78 is 10.9. The van der Waals surface area contributed by atoms with Crippen molar-refractivity contribution in [1.29, 1.82) is 0 Å². The molecule has 0 atom stereocenters. The highest BCUT2D eigenvalue weighted by molar-refractivity contribution is 7.13. The molecule has 0 radical (unpaired) electrons. The lowest BCUT2D eigenvalue weighted by Gasteiger charge is -2.25. The molecular formula is C17H20ClN3O3S. The average Bonchev–Trinajstić information content (AvgIpc) is 3.02. The number of carbonyl (C=O) groups is 1. The molecule has 1 aromatic carbocycles. The summed E-state index contributed by atoms with van der Waals surface area (Å²) in [6.07, 6.45) is 0. The molecular weight excluding hydrogens is 362 g/mol. The van der Waals surface area contributed by atoms with Crippen LogP contribution in [-0.2, 0) is 16.1 Å². The molecule has 0 unspecified atom stereocenters. The Labute approximate surface area is 155 Å². The molecule has 1 fully saturated rings. The smallest absolute Gasteiger partial charge is 0.264 e. The molecule has 3 rings (SSSR count). The van der Waals surface area contributed by atoms with E-state index in [4.69, 9.17) is 21.1 Å². The van der Waals surface area contributed by atoms with E-state index in [-0.39, 0.29) is 12.5 Å². The third-order valence-electron chi connectivity index (χ3n) is 3.78. The van der Waals surface area contributed by atoms with Crippen LogP contribution in [0.15, 0.2) is 23.6 Å². The molecule has 0 aliphatic carbocycles. The summed E-state index contributed by atoms with van der Waals surface area (Å²) in [4.78, 5) is 18.8. The Kier molecular flexibility index (Phi) is 6.25. The van der Waals surface area contributed by atoms with Crippen molar-refractivity contribution < 1.29 is 14.3 Å². The zero-order valence-corrected chi connectivity index (χ0v) is 15.5. The second-order valence-corrected chi connectivity index (χ2v) is 7.07. The number of aromatic nitrogens is 1. The number of hydrogen-bond acceptors (Lipinski definition) is 6. The molecule has 1 aliphatic rings. The summed E-state index contributed by atoms with van der Waals surface area (Å²) in [6.45, 7) is 5.93. The van der Waals surface area contributed by atoms with E-state index in [1.165, 1.54) is 11.3 Å². The number of ether oxygens (including phenoxy) is 2. The summed E-state index contributed by atoms with van der Waals surface area (Å²) in [6, 6.07) is 5.29. The summed E-state index contributed by atoms with van der Waals surface area (Å²) in [5, 5.41) is 5.97. The van der Waals surface area contributed by atoms with Gasteiger partial charge >= 0.3 is 0 Å². The van der Waals surface area contributed by atoms with Crippen LogP contribution < -0.4 is 10.1 Å². The first-order valence-electron chi connectivity index (χ1n) is 8.03. The number of hydrogen-bond donors (Lipinski definition) is 1. The molecule has 2 aromatic rings. The number of rotatable bonds is 6. The van der Waals surface area contributed by atoms with Crippen LogP contribution in [0.1, 0.15) is 11.3 Å². The maximum absolute atomic E-state index is 12.0. The van der Waals surface area contributed by atoms with Crippen LogP contribution >= 0.6 is 22.9 Å². The van der Waals surface area contributed by atoms with E-state index in [1.807, 2.05) is 12.3 Å². The zero-order valence-electron chi connectivity index (χ0n) is 14.0. The van der Waals surface area contributed by atoms with Crippen molar-refractivity contribution in [3.8, 4) is 5.75 Å². The number of morpholine rings is 1. The van der Waals surface area contributed by atoms with Gasteiger partial charge in [0.25, 0.3) is 5.91 Å². The minimum atomic E-state index is -0.235. The summed E-state index contributed by atoms with van der Waals surface area (Å²) in [5.74, 6) is 0.410. The number of halogens is 1. The fraction of sp³-hybridized carbons (Fsp3) is 0.412. The second kappa shape index (κ2) is 8.62. The van der Waals surface area contributed by atoms with Crippen LogP contribution in [0.5, 0.6) is 5.75 Å². The standard InChI is InChI=1S/C17H20ClN3O3S/c1-12-8-13(18)2-3-15(12)24-10-16(22)20-17-19-14(11-25-17)9-21-4-6-23-7-5-21/h2-3,8,11H,4-7,9-10H2,1H3,(H,19,20,22). The summed E-state index contributed by atoms with van der Waals surface area (Å²) in [5.41, 5.74) is 1.85. The number of benzene rings is 1. The number of nitrogens with zero attached hydrogens (tertiary/aromatic N) is 2. The number of amides is 1.